The van der Waals surface area contributed by atoms with Crippen molar-refractivity contribution in [2.75, 3.05) is 6.61 Å². The largest absolute Gasteiger partial charge is 0.394 e. The van der Waals surface area contributed by atoms with Gasteiger partial charge in [0, 0.05) is 6.42 Å². The lowest BCUT2D eigenvalue weighted by Gasteiger charge is -2.10. The molecule has 2 atom stereocenters. The lowest BCUT2D eigenvalue weighted by molar-refractivity contribution is 0.0406. The van der Waals surface area contributed by atoms with Crippen LogP contribution in [0.15, 0.2) is 0 Å². The molecule has 0 aliphatic rings. The molecule has 0 aromatic carbocycles. The van der Waals surface area contributed by atoms with Crippen molar-refractivity contribution < 1.29 is 15.3 Å². The van der Waals surface area contributed by atoms with Crippen LogP contribution in [-0.2, 0) is 0 Å². The van der Waals surface area contributed by atoms with Crippen molar-refractivity contribution in [3.63, 3.8) is 0 Å². The Morgan fingerprint density at radius 2 is 1.78 bits per heavy atom. The van der Waals surface area contributed by atoms with Crippen LogP contribution in [0.5, 0.6) is 0 Å². The van der Waals surface area contributed by atoms with Crippen LogP contribution in [0.2, 0.25) is 0 Å². The van der Waals surface area contributed by atoms with Gasteiger partial charge in [-0.2, -0.15) is 0 Å². The Kier molecular flexibility index (Phi) is 4.67. The van der Waals surface area contributed by atoms with Gasteiger partial charge in [-0.05, 0) is 6.42 Å². The van der Waals surface area contributed by atoms with Gasteiger partial charge in [-0.3, -0.25) is 0 Å². The zero-order chi connectivity index (χ0) is 7.28. The van der Waals surface area contributed by atoms with Crippen molar-refractivity contribution in [2.24, 2.45) is 0 Å². The third-order valence-electron chi connectivity index (χ3n) is 1.23. The fourth-order valence-corrected chi connectivity index (χ4v) is 0.555. The Morgan fingerprint density at radius 1 is 1.22 bits per heavy atom. The molecular weight excluding hydrogens is 120 g/mol. The van der Waals surface area contributed by atoms with Crippen LogP contribution in [0, 0.1) is 0 Å². The third-order valence-corrected chi connectivity index (χ3v) is 1.23. The summed E-state index contributed by atoms with van der Waals surface area (Å²) in [4.78, 5) is 0. The molecule has 56 valence electrons. The summed E-state index contributed by atoms with van der Waals surface area (Å²) in [5.41, 5.74) is 0. The van der Waals surface area contributed by atoms with E-state index in [4.69, 9.17) is 15.3 Å². The molecule has 0 fully saturated rings. The number of aliphatic hydroxyl groups excluding tert-OH is 3. The van der Waals surface area contributed by atoms with Crippen LogP contribution in [0.4, 0.5) is 0 Å². The van der Waals surface area contributed by atoms with Gasteiger partial charge in [0.25, 0.3) is 0 Å². The molecule has 3 heteroatoms. The highest BCUT2D eigenvalue weighted by Gasteiger charge is 2.07. The first kappa shape index (κ1) is 8.88. The minimum Gasteiger partial charge on any atom is -0.394 e. The molecule has 0 radical (unpaired) electrons. The summed E-state index contributed by atoms with van der Waals surface area (Å²) in [6.45, 7) is 1.56. The second-order valence-corrected chi connectivity index (χ2v) is 2.13. The molecule has 0 saturated heterocycles. The first-order valence-corrected chi connectivity index (χ1v) is 3.17. The molecule has 0 aromatic heterocycles. The maximum absolute atomic E-state index is 8.89. The predicted molar refractivity (Wildman–Crippen MR) is 34.0 cm³/mol. The van der Waals surface area contributed by atoms with E-state index in [-0.39, 0.29) is 13.0 Å². The SMILES string of the molecule is CC[C@@H](O)C[C@H](O)CO. The minimum absolute atomic E-state index is 0.267. The van der Waals surface area contributed by atoms with E-state index < -0.39 is 12.2 Å². The van der Waals surface area contributed by atoms with Gasteiger partial charge in [-0.25, -0.2) is 0 Å². The van der Waals surface area contributed by atoms with Gasteiger partial charge in [-0.1, -0.05) is 6.92 Å². The molecule has 3 N–H and O–H groups in total. The minimum atomic E-state index is -0.764. The maximum atomic E-state index is 8.89. The van der Waals surface area contributed by atoms with Crippen LogP contribution >= 0.6 is 0 Å². The van der Waals surface area contributed by atoms with E-state index in [2.05, 4.69) is 0 Å². The summed E-state index contributed by atoms with van der Waals surface area (Å²) in [5.74, 6) is 0. The summed E-state index contributed by atoms with van der Waals surface area (Å²) in [6, 6.07) is 0. The highest BCUT2D eigenvalue weighted by Crippen LogP contribution is 2.00. The van der Waals surface area contributed by atoms with Crippen molar-refractivity contribution in [2.45, 2.75) is 32.0 Å². The molecule has 0 aliphatic heterocycles. The Bertz CT molecular complexity index is 57.3. The van der Waals surface area contributed by atoms with Crippen LogP contribution < -0.4 is 0 Å². The topological polar surface area (TPSA) is 60.7 Å². The quantitative estimate of drug-likeness (QED) is 0.486. The van der Waals surface area contributed by atoms with E-state index in [1.54, 1.807) is 0 Å². The monoisotopic (exact) mass is 134 g/mol. The van der Waals surface area contributed by atoms with E-state index in [1.807, 2.05) is 6.92 Å². The van der Waals surface area contributed by atoms with Crippen molar-refractivity contribution in [3.8, 4) is 0 Å². The van der Waals surface area contributed by atoms with Crippen molar-refractivity contribution in [1.82, 2.24) is 0 Å². The van der Waals surface area contributed by atoms with Crippen LogP contribution in [0.3, 0.4) is 0 Å². The Balaban J connectivity index is 3.22. The maximum Gasteiger partial charge on any atom is 0.0795 e. The summed E-state index contributed by atoms with van der Waals surface area (Å²) in [6.07, 6.45) is -0.351. The smallest absolute Gasteiger partial charge is 0.0795 e. The zero-order valence-electron chi connectivity index (χ0n) is 5.62. The van der Waals surface area contributed by atoms with Gasteiger partial charge >= 0.3 is 0 Å². The number of aliphatic hydroxyl groups is 3. The zero-order valence-corrected chi connectivity index (χ0v) is 5.62. The molecule has 3 nitrogen and oxygen atoms in total. The second kappa shape index (κ2) is 4.73. The van der Waals surface area contributed by atoms with Gasteiger partial charge < -0.3 is 15.3 Å². The van der Waals surface area contributed by atoms with Gasteiger partial charge in [0.1, 0.15) is 0 Å². The molecular formula is C6H14O3. The Labute approximate surface area is 54.9 Å². The first-order valence-electron chi connectivity index (χ1n) is 3.17. The highest BCUT2D eigenvalue weighted by atomic mass is 16.3. The number of hydrogen-bond acceptors (Lipinski definition) is 3. The summed E-state index contributed by atoms with van der Waals surface area (Å²) in [7, 11) is 0. The normalized spacial score (nSPS) is 17.3. The molecule has 0 rings (SSSR count). The van der Waals surface area contributed by atoms with Crippen LogP contribution in [0.1, 0.15) is 19.8 Å². The van der Waals surface area contributed by atoms with E-state index in [0.717, 1.165) is 0 Å². The van der Waals surface area contributed by atoms with E-state index >= 15 is 0 Å². The molecule has 0 heterocycles. The molecule has 0 aliphatic carbocycles. The Morgan fingerprint density at radius 3 is 2.11 bits per heavy atom. The van der Waals surface area contributed by atoms with E-state index in [1.165, 1.54) is 0 Å². The van der Waals surface area contributed by atoms with E-state index in [0.29, 0.717) is 6.42 Å². The molecule has 9 heavy (non-hydrogen) atoms. The predicted octanol–water partition coefficient (Wildman–Crippen LogP) is -0.499. The lowest BCUT2D eigenvalue weighted by atomic mass is 10.1. The first-order chi connectivity index (χ1) is 4.20. The van der Waals surface area contributed by atoms with E-state index in [9.17, 15) is 0 Å². The van der Waals surface area contributed by atoms with Gasteiger partial charge in [0.15, 0.2) is 0 Å². The van der Waals surface area contributed by atoms with Gasteiger partial charge in [0.05, 0.1) is 18.8 Å². The fraction of sp³-hybridized carbons (Fsp3) is 1.00. The standard InChI is InChI=1S/C6H14O3/c1-2-5(8)3-6(9)4-7/h5-9H,2-4H2,1H3/t5-,6+/m1/s1. The number of rotatable bonds is 4. The summed E-state index contributed by atoms with van der Waals surface area (Å²) < 4.78 is 0. The molecule has 0 saturated carbocycles. The molecule has 0 bridgehead atoms. The molecule has 0 amide bonds. The Hall–Kier alpha value is -0.120. The highest BCUT2D eigenvalue weighted by molar-refractivity contribution is 4.59. The fourth-order valence-electron chi connectivity index (χ4n) is 0.555. The summed E-state index contributed by atoms with van der Waals surface area (Å²) >= 11 is 0. The van der Waals surface area contributed by atoms with Gasteiger partial charge in [0.2, 0.25) is 0 Å². The molecule has 0 aromatic rings. The lowest BCUT2D eigenvalue weighted by Crippen LogP contribution is -2.19. The van der Waals surface area contributed by atoms with Crippen molar-refractivity contribution in [3.05, 3.63) is 0 Å². The second-order valence-electron chi connectivity index (χ2n) is 2.13. The molecule has 0 spiro atoms. The summed E-state index contributed by atoms with van der Waals surface area (Å²) in [5, 5.41) is 26.0. The van der Waals surface area contributed by atoms with Crippen LogP contribution in [0.25, 0.3) is 0 Å². The van der Waals surface area contributed by atoms with Crippen molar-refractivity contribution in [1.29, 1.82) is 0 Å². The van der Waals surface area contributed by atoms with Gasteiger partial charge in [-0.15, -0.1) is 0 Å². The van der Waals surface area contributed by atoms with Crippen LogP contribution in [-0.4, -0.2) is 34.1 Å². The van der Waals surface area contributed by atoms with Crippen molar-refractivity contribution >= 4 is 0 Å². The number of hydrogen-bond donors (Lipinski definition) is 3. The average molecular weight is 134 g/mol. The third kappa shape index (κ3) is 4.39. The average Bonchev–Trinajstić information content (AvgIpc) is 1.87. The molecule has 0 unspecified atom stereocenters.